The molecule has 0 bridgehead atoms. The maximum absolute atomic E-state index is 6.45. The van der Waals surface area contributed by atoms with Crippen molar-refractivity contribution in [1.29, 1.82) is 0 Å². The predicted molar refractivity (Wildman–Crippen MR) is 476 cm³/mol. The molecule has 116 heavy (non-hydrogen) atoms. The molecular weight excluding hydrogens is 1420 g/mol. The van der Waals surface area contributed by atoms with E-state index in [2.05, 4.69) is 274 Å². The van der Waals surface area contributed by atoms with Crippen LogP contribution in [0, 0.1) is 0 Å². The molecule has 0 atom stereocenters. The summed E-state index contributed by atoms with van der Waals surface area (Å²) < 4.78 is 26.0. The van der Waals surface area contributed by atoms with Crippen LogP contribution in [-0.4, -0.2) is 43.1 Å². The third-order valence-electron chi connectivity index (χ3n) is 24.5. The minimum absolute atomic E-state index is 0.875. The van der Waals surface area contributed by atoms with E-state index in [9.17, 15) is 0 Å². The van der Waals surface area contributed by atoms with Crippen LogP contribution in [0.2, 0.25) is 0 Å². The van der Waals surface area contributed by atoms with Gasteiger partial charge in [-0.25, -0.2) is 29.9 Å². The molecule has 17 aromatic carbocycles. The Morgan fingerprint density at radius 2 is 0.578 bits per heavy atom. The topological polar surface area (TPSA) is 130 Å². The number of para-hydroxylation sites is 7. The molecular formula is C104H55N9O3. The Balaban J connectivity index is 0.0000000933. The zero-order chi connectivity index (χ0) is 75.3. The van der Waals surface area contributed by atoms with Gasteiger partial charge < -0.3 is 13.3 Å². The van der Waals surface area contributed by atoms with Crippen LogP contribution in [-0.2, 0) is 0 Å². The van der Waals surface area contributed by atoms with Gasteiger partial charge in [-0.05, 0) is 152 Å². The molecule has 0 N–H and O–H groups in total. The number of benzene rings is 17. The van der Waals surface area contributed by atoms with Crippen molar-refractivity contribution in [3.63, 3.8) is 0 Å². The molecule has 0 fully saturated rings. The van der Waals surface area contributed by atoms with Gasteiger partial charge in [0.05, 0.1) is 66.2 Å². The van der Waals surface area contributed by atoms with Crippen molar-refractivity contribution in [2.45, 2.75) is 0 Å². The Morgan fingerprint density at radius 3 is 1.22 bits per heavy atom. The predicted octanol–water partition coefficient (Wildman–Crippen LogP) is 27.3. The number of aromatic nitrogens is 9. The number of nitrogens with zero attached hydrogens (tertiary/aromatic N) is 9. The van der Waals surface area contributed by atoms with Crippen LogP contribution in [0.3, 0.4) is 0 Å². The van der Waals surface area contributed by atoms with Gasteiger partial charge in [-0.3, -0.25) is 13.2 Å². The van der Waals surface area contributed by atoms with Crippen LogP contribution in [0.15, 0.2) is 347 Å². The van der Waals surface area contributed by atoms with E-state index in [0.717, 1.165) is 176 Å². The number of hydrogen-bond acceptors (Lipinski definition) is 9. The molecule has 534 valence electrons. The van der Waals surface area contributed by atoms with Crippen molar-refractivity contribution in [2.75, 3.05) is 0 Å². The van der Waals surface area contributed by atoms with Gasteiger partial charge >= 0.3 is 0 Å². The first-order valence-corrected chi connectivity index (χ1v) is 39.1. The Hall–Kier alpha value is -15.9. The van der Waals surface area contributed by atoms with Crippen LogP contribution in [0.25, 0.3) is 269 Å². The molecule has 12 aromatic heterocycles. The summed E-state index contributed by atoms with van der Waals surface area (Å²) in [7, 11) is 0. The summed E-state index contributed by atoms with van der Waals surface area (Å²) in [5.41, 5.74) is 30.0. The highest BCUT2D eigenvalue weighted by atomic mass is 16.3. The number of hydrogen-bond donors (Lipinski definition) is 0. The highest BCUT2D eigenvalue weighted by Gasteiger charge is 2.27. The third kappa shape index (κ3) is 8.64. The van der Waals surface area contributed by atoms with Gasteiger partial charge in [0.25, 0.3) is 0 Å². The molecule has 29 aromatic rings. The van der Waals surface area contributed by atoms with Crippen LogP contribution >= 0.6 is 0 Å². The lowest BCUT2D eigenvalue weighted by Crippen LogP contribution is -1.90. The lowest BCUT2D eigenvalue weighted by atomic mass is 9.97. The van der Waals surface area contributed by atoms with E-state index in [1.807, 2.05) is 72.8 Å². The molecule has 0 radical (unpaired) electrons. The third-order valence-corrected chi connectivity index (χ3v) is 24.5. The SMILES string of the molecule is c1ccc(-c2ccc3nc4c(nc3c2)c2cccc3c5cc6c(cc5n4c32)oc2ccc3ccccc3c26)cc1.c1ccc(-c2ccc3oc4cc5c(cc4c3c2)c2cccc3c4nc6ccccc6nc4n5c23)cc1.c1ccc2cc(-c3cc4c5cc6c(cc5n5c7nc8ccccc8nc7c(c3)c45)oc3ccccc36)ccc2c1. The van der Waals surface area contributed by atoms with E-state index in [-0.39, 0.29) is 0 Å². The molecule has 12 heteroatoms. The lowest BCUT2D eigenvalue weighted by molar-refractivity contribution is 0.669. The molecule has 0 saturated carbocycles. The molecule has 12 nitrogen and oxygen atoms in total. The normalized spacial score (nSPS) is 12.5. The van der Waals surface area contributed by atoms with Gasteiger partial charge in [0, 0.05) is 99.0 Å². The minimum Gasteiger partial charge on any atom is -0.456 e. The van der Waals surface area contributed by atoms with Gasteiger partial charge in [-0.15, -0.1) is 0 Å². The summed E-state index contributed by atoms with van der Waals surface area (Å²) in [4.78, 5) is 30.7. The van der Waals surface area contributed by atoms with E-state index in [1.54, 1.807) is 0 Å². The largest absolute Gasteiger partial charge is 0.456 e. The van der Waals surface area contributed by atoms with Gasteiger partial charge in [0.15, 0.2) is 16.9 Å². The van der Waals surface area contributed by atoms with Gasteiger partial charge in [0.1, 0.15) is 50.0 Å². The van der Waals surface area contributed by atoms with Crippen molar-refractivity contribution in [3.8, 4) is 33.4 Å². The highest BCUT2D eigenvalue weighted by Crippen LogP contribution is 2.48. The van der Waals surface area contributed by atoms with E-state index in [4.69, 9.17) is 43.2 Å². The highest BCUT2D eigenvalue weighted by molar-refractivity contribution is 6.30. The fourth-order valence-corrected chi connectivity index (χ4v) is 19.2. The zero-order valence-corrected chi connectivity index (χ0v) is 61.5. The zero-order valence-electron chi connectivity index (χ0n) is 61.5. The van der Waals surface area contributed by atoms with E-state index >= 15 is 0 Å². The molecule has 0 aliphatic heterocycles. The summed E-state index contributed by atoms with van der Waals surface area (Å²) in [6, 6.07) is 117. The average Bonchev–Trinajstić information content (AvgIpc) is 1.54. The second-order valence-electron chi connectivity index (χ2n) is 30.8. The van der Waals surface area contributed by atoms with E-state index < -0.39 is 0 Å². The first kappa shape index (κ1) is 61.8. The van der Waals surface area contributed by atoms with Gasteiger partial charge in [-0.2, -0.15) is 0 Å². The smallest absolute Gasteiger partial charge is 0.165 e. The Kier molecular flexibility index (Phi) is 12.2. The fraction of sp³-hybridized carbons (Fsp3) is 0. The number of fused-ring (bicyclic) bond motifs is 33. The minimum atomic E-state index is 0.875. The molecule has 0 unspecified atom stereocenters. The quantitative estimate of drug-likeness (QED) is 0.170. The number of rotatable bonds is 3. The van der Waals surface area contributed by atoms with E-state index in [1.165, 1.54) is 92.6 Å². The molecule has 0 aliphatic rings. The Bertz CT molecular complexity index is 9320. The van der Waals surface area contributed by atoms with Crippen LogP contribution < -0.4 is 0 Å². The molecule has 0 aliphatic carbocycles. The molecule has 0 spiro atoms. The van der Waals surface area contributed by atoms with Crippen molar-refractivity contribution in [1.82, 2.24) is 43.1 Å². The van der Waals surface area contributed by atoms with Crippen LogP contribution in [0.1, 0.15) is 0 Å². The average molecular weight is 1480 g/mol. The van der Waals surface area contributed by atoms with Crippen molar-refractivity contribution in [3.05, 3.63) is 334 Å². The summed E-state index contributed by atoms with van der Waals surface area (Å²) >= 11 is 0. The maximum atomic E-state index is 6.45. The van der Waals surface area contributed by atoms with Gasteiger partial charge in [0.2, 0.25) is 0 Å². The maximum Gasteiger partial charge on any atom is 0.165 e. The monoisotopic (exact) mass is 1480 g/mol. The fourth-order valence-electron chi connectivity index (χ4n) is 19.2. The summed E-state index contributed by atoms with van der Waals surface area (Å²) in [5, 5.41) is 22.3. The first-order chi connectivity index (χ1) is 57.4. The molecule has 0 amide bonds. The summed E-state index contributed by atoms with van der Waals surface area (Å²) in [5.74, 6) is 0. The second kappa shape index (κ2) is 22.9. The molecule has 29 rings (SSSR count). The molecule has 12 heterocycles. The van der Waals surface area contributed by atoms with Crippen LogP contribution in [0.5, 0.6) is 0 Å². The summed E-state index contributed by atoms with van der Waals surface area (Å²) in [6.07, 6.45) is 0. The lowest BCUT2D eigenvalue weighted by Gasteiger charge is -2.06. The van der Waals surface area contributed by atoms with Crippen LogP contribution in [0.4, 0.5) is 0 Å². The second-order valence-corrected chi connectivity index (χ2v) is 30.8. The van der Waals surface area contributed by atoms with Crippen molar-refractivity contribution < 1.29 is 13.3 Å². The summed E-state index contributed by atoms with van der Waals surface area (Å²) in [6.45, 7) is 0. The van der Waals surface area contributed by atoms with E-state index in [0.29, 0.717) is 0 Å². The first-order valence-electron chi connectivity index (χ1n) is 39.1. The standard InChI is InChI=1S/2C36H19N3O.C32H17N3O/c1-2-8-21-15-22(14-13-20(21)7-1)23-16-27-25-18-26-24-9-3-6-12-32(24)40-33(26)19-31(25)39-35(27)28(17-23)34-36(39)38-30-11-5-4-10-29(30)37-34;1-2-7-20(8-3-1)22-13-15-28-29(17-22)37-34-25-12-6-11-24-26-18-27-32(19-30(26)39(35(24)25)36(34)38-28)40-31-16-14-21-9-4-5-10-23(21)33(27)31;1-2-7-18(8-3-1)19-13-14-28-23(15-19)24-16-22-20-9-6-10-21-30-32(34-26-12-5-4-11-25(26)33-30)35(31(20)21)27(22)17-29(24)36-28/h2*1-19H;1-17H. The number of furan rings is 3. The van der Waals surface area contributed by atoms with Crippen molar-refractivity contribution >= 4 is 236 Å². The molecule has 0 saturated heterocycles. The Morgan fingerprint density at radius 1 is 0.181 bits per heavy atom. The van der Waals surface area contributed by atoms with Gasteiger partial charge in [-0.1, -0.05) is 218 Å². The van der Waals surface area contributed by atoms with Crippen molar-refractivity contribution in [2.24, 2.45) is 0 Å². The Labute approximate surface area is 654 Å².